The van der Waals surface area contributed by atoms with Crippen LogP contribution >= 0.6 is 0 Å². The summed E-state index contributed by atoms with van der Waals surface area (Å²) in [6.07, 6.45) is 4.24. The maximum Gasteiger partial charge on any atom is 0.407 e. The molecular formula is C22H26FN7O2. The Morgan fingerprint density at radius 3 is 2.88 bits per heavy atom. The molecule has 1 saturated heterocycles. The standard InChI is InChI=1S/C22H26FN7O2/c1-22(2,3)32-21(31)27-18-8-15-7-13(18)11-30(15)20-24-10-16(23)19(28-20)26-14-4-5-17-12(6-14)9-25-29-17/h4-6,9-10,13,15,18H,7-8,11H2,1-3H3,(H,25,29)(H,27,31)(H,24,26,28). The number of ether oxygens (including phenoxy) is 1. The summed E-state index contributed by atoms with van der Waals surface area (Å²) in [7, 11) is 0. The first-order valence-electron chi connectivity index (χ1n) is 10.7. The Kier molecular flexibility index (Phi) is 4.87. The van der Waals surface area contributed by atoms with Gasteiger partial charge in [0.15, 0.2) is 11.6 Å². The van der Waals surface area contributed by atoms with Crippen molar-refractivity contribution in [2.24, 2.45) is 5.92 Å². The quantitative estimate of drug-likeness (QED) is 0.568. The number of aromatic amines is 1. The summed E-state index contributed by atoms with van der Waals surface area (Å²) in [5.41, 5.74) is 1.09. The Labute approximate surface area is 184 Å². The number of halogens is 1. The van der Waals surface area contributed by atoms with Crippen molar-refractivity contribution in [3.8, 4) is 0 Å². The fourth-order valence-corrected chi connectivity index (χ4v) is 4.58. The zero-order chi connectivity index (χ0) is 22.5. The zero-order valence-electron chi connectivity index (χ0n) is 18.2. The summed E-state index contributed by atoms with van der Waals surface area (Å²) in [4.78, 5) is 22.9. The predicted molar refractivity (Wildman–Crippen MR) is 118 cm³/mol. The van der Waals surface area contributed by atoms with Crippen LogP contribution in [0.2, 0.25) is 0 Å². The molecule has 5 rings (SSSR count). The van der Waals surface area contributed by atoms with Crippen LogP contribution in [0.5, 0.6) is 0 Å². The molecule has 9 nitrogen and oxygen atoms in total. The second kappa shape index (κ2) is 7.61. The van der Waals surface area contributed by atoms with Crippen molar-refractivity contribution in [1.29, 1.82) is 0 Å². The summed E-state index contributed by atoms with van der Waals surface area (Å²) in [6, 6.07) is 5.85. The van der Waals surface area contributed by atoms with Crippen molar-refractivity contribution in [3.05, 3.63) is 36.4 Å². The molecule has 3 atom stereocenters. The summed E-state index contributed by atoms with van der Waals surface area (Å²) in [6.45, 7) is 6.25. The van der Waals surface area contributed by atoms with E-state index < -0.39 is 11.4 Å². The topological polar surface area (TPSA) is 108 Å². The normalized spacial score (nSPS) is 22.4. The number of carbonyl (C=O) groups is 1. The first-order valence-corrected chi connectivity index (χ1v) is 10.7. The Bertz CT molecular complexity index is 1160. The van der Waals surface area contributed by atoms with Gasteiger partial charge in [0.2, 0.25) is 5.95 Å². The number of nitrogens with zero attached hydrogens (tertiary/aromatic N) is 4. The molecule has 1 aliphatic heterocycles. The van der Waals surface area contributed by atoms with Crippen LogP contribution in [-0.2, 0) is 4.74 Å². The Hall–Kier alpha value is -3.43. The van der Waals surface area contributed by atoms with E-state index in [4.69, 9.17) is 4.74 Å². The maximum absolute atomic E-state index is 14.4. The van der Waals surface area contributed by atoms with Crippen LogP contribution in [0.15, 0.2) is 30.6 Å². The number of hydrogen-bond donors (Lipinski definition) is 3. The van der Waals surface area contributed by atoms with E-state index in [1.54, 1.807) is 6.20 Å². The van der Waals surface area contributed by atoms with Gasteiger partial charge in [-0.05, 0) is 57.7 Å². The van der Waals surface area contributed by atoms with Crippen LogP contribution in [0.1, 0.15) is 33.6 Å². The lowest BCUT2D eigenvalue weighted by Gasteiger charge is -2.32. The van der Waals surface area contributed by atoms with Crippen LogP contribution in [0.3, 0.4) is 0 Å². The van der Waals surface area contributed by atoms with Crippen molar-refractivity contribution >= 4 is 34.4 Å². The largest absolute Gasteiger partial charge is 0.444 e. The monoisotopic (exact) mass is 439 g/mol. The number of aromatic nitrogens is 4. The molecular weight excluding hydrogens is 413 g/mol. The van der Waals surface area contributed by atoms with Gasteiger partial charge in [0.05, 0.1) is 17.9 Å². The molecule has 1 aliphatic carbocycles. The third-order valence-corrected chi connectivity index (χ3v) is 5.94. The van der Waals surface area contributed by atoms with Crippen LogP contribution in [-0.4, -0.2) is 50.5 Å². The summed E-state index contributed by atoms with van der Waals surface area (Å²) >= 11 is 0. The number of alkyl carbamates (subject to hydrolysis) is 1. The molecule has 3 unspecified atom stereocenters. The fraction of sp³-hybridized carbons (Fsp3) is 0.455. The van der Waals surface area contributed by atoms with Crippen molar-refractivity contribution in [1.82, 2.24) is 25.5 Å². The number of hydrogen-bond acceptors (Lipinski definition) is 7. The second-order valence-corrected chi connectivity index (χ2v) is 9.45. The summed E-state index contributed by atoms with van der Waals surface area (Å²) < 4.78 is 19.8. The lowest BCUT2D eigenvalue weighted by molar-refractivity contribution is 0.0491. The molecule has 0 spiro atoms. The third kappa shape index (κ3) is 4.04. The van der Waals surface area contributed by atoms with Crippen LogP contribution in [0.4, 0.5) is 26.6 Å². The van der Waals surface area contributed by atoms with E-state index >= 15 is 0 Å². The Morgan fingerprint density at radius 1 is 1.28 bits per heavy atom. The number of nitrogens with one attached hydrogen (secondary N) is 3. The molecule has 2 bridgehead atoms. The number of fused-ring (bicyclic) bond motifs is 3. The first-order chi connectivity index (χ1) is 15.2. The number of amides is 1. The highest BCUT2D eigenvalue weighted by molar-refractivity contribution is 5.82. The number of H-pyrrole nitrogens is 1. The van der Waals surface area contributed by atoms with E-state index in [-0.39, 0.29) is 29.9 Å². The second-order valence-electron chi connectivity index (χ2n) is 9.45. The molecule has 2 aliphatic rings. The molecule has 1 amide bonds. The van der Waals surface area contributed by atoms with E-state index in [0.717, 1.165) is 23.7 Å². The number of carbonyl (C=O) groups excluding carboxylic acids is 1. The molecule has 3 aromatic rings. The van der Waals surface area contributed by atoms with Gasteiger partial charge in [-0.3, -0.25) is 5.10 Å². The van der Waals surface area contributed by atoms with Gasteiger partial charge in [0.25, 0.3) is 0 Å². The highest BCUT2D eigenvalue weighted by Crippen LogP contribution is 2.40. The first kappa shape index (κ1) is 20.5. The molecule has 1 saturated carbocycles. The van der Waals surface area contributed by atoms with E-state index in [1.165, 1.54) is 6.20 Å². The number of anilines is 3. The zero-order valence-corrected chi connectivity index (χ0v) is 18.2. The van der Waals surface area contributed by atoms with Gasteiger partial charge in [-0.25, -0.2) is 14.2 Å². The lowest BCUT2D eigenvalue weighted by Crippen LogP contribution is -2.47. The van der Waals surface area contributed by atoms with Gasteiger partial charge < -0.3 is 20.3 Å². The minimum Gasteiger partial charge on any atom is -0.444 e. The molecule has 2 aromatic heterocycles. The average Bonchev–Trinajstić information content (AvgIpc) is 3.43. The van der Waals surface area contributed by atoms with Crippen molar-refractivity contribution in [2.45, 2.75) is 51.3 Å². The van der Waals surface area contributed by atoms with Crippen LogP contribution in [0.25, 0.3) is 10.9 Å². The molecule has 2 fully saturated rings. The van der Waals surface area contributed by atoms with E-state index in [9.17, 15) is 9.18 Å². The Morgan fingerprint density at radius 2 is 2.12 bits per heavy atom. The number of piperidine rings is 1. The molecule has 10 heteroatoms. The van der Waals surface area contributed by atoms with Gasteiger partial charge in [-0.2, -0.15) is 10.1 Å². The molecule has 1 aromatic carbocycles. The number of rotatable bonds is 4. The number of benzene rings is 1. The molecule has 0 radical (unpaired) electrons. The fourth-order valence-electron chi connectivity index (χ4n) is 4.58. The lowest BCUT2D eigenvalue weighted by atomic mass is 10.0. The van der Waals surface area contributed by atoms with Gasteiger partial charge >= 0.3 is 6.09 Å². The van der Waals surface area contributed by atoms with Crippen molar-refractivity contribution < 1.29 is 13.9 Å². The molecule has 32 heavy (non-hydrogen) atoms. The van der Waals surface area contributed by atoms with Crippen LogP contribution < -0.4 is 15.5 Å². The predicted octanol–water partition coefficient (Wildman–Crippen LogP) is 3.73. The van der Waals surface area contributed by atoms with E-state index in [0.29, 0.717) is 18.2 Å². The van der Waals surface area contributed by atoms with Gasteiger partial charge in [-0.1, -0.05) is 0 Å². The van der Waals surface area contributed by atoms with Gasteiger partial charge in [0, 0.05) is 29.7 Å². The smallest absolute Gasteiger partial charge is 0.407 e. The minimum atomic E-state index is -0.527. The SMILES string of the molecule is CC(C)(C)OC(=O)NC1CC2CC1CN2c1ncc(F)c(Nc2ccc3[nH]ncc3c2)n1. The highest BCUT2D eigenvalue weighted by atomic mass is 19.1. The van der Waals surface area contributed by atoms with Crippen LogP contribution in [0, 0.1) is 11.7 Å². The molecule has 3 N–H and O–H groups in total. The van der Waals surface area contributed by atoms with Crippen molar-refractivity contribution in [2.75, 3.05) is 16.8 Å². The summed E-state index contributed by atoms with van der Waals surface area (Å²) in [5.74, 6) is 0.376. The molecule has 168 valence electrons. The third-order valence-electron chi connectivity index (χ3n) is 5.94. The summed E-state index contributed by atoms with van der Waals surface area (Å²) in [5, 5.41) is 13.9. The Balaban J connectivity index is 1.27. The average molecular weight is 439 g/mol. The maximum atomic E-state index is 14.4. The van der Waals surface area contributed by atoms with Crippen molar-refractivity contribution in [3.63, 3.8) is 0 Å². The van der Waals surface area contributed by atoms with E-state index in [1.807, 2.05) is 39.0 Å². The van der Waals surface area contributed by atoms with Gasteiger partial charge in [0.1, 0.15) is 5.60 Å². The highest BCUT2D eigenvalue weighted by Gasteiger charge is 2.46. The van der Waals surface area contributed by atoms with Gasteiger partial charge in [-0.15, -0.1) is 0 Å². The minimum absolute atomic E-state index is 0.0610. The van der Waals surface area contributed by atoms with E-state index in [2.05, 4.69) is 35.7 Å². The molecule has 3 heterocycles.